The fourth-order valence-corrected chi connectivity index (χ4v) is 2.94. The first kappa shape index (κ1) is 13.8. The molecule has 2 heterocycles. The maximum absolute atomic E-state index is 14.3. The minimum absolute atomic E-state index is 0.252. The Morgan fingerprint density at radius 1 is 1.00 bits per heavy atom. The molecule has 0 amide bonds. The molecule has 2 nitrogen and oxygen atoms in total. The van der Waals surface area contributed by atoms with Gasteiger partial charge in [0.25, 0.3) is 0 Å². The predicted molar refractivity (Wildman–Crippen MR) is 91.1 cm³/mol. The van der Waals surface area contributed by atoms with Crippen LogP contribution in [0.15, 0.2) is 59.7 Å². The van der Waals surface area contributed by atoms with Crippen LogP contribution in [0.2, 0.25) is 0 Å². The molecule has 0 fully saturated rings. The molecule has 3 aromatic rings. The van der Waals surface area contributed by atoms with Gasteiger partial charge in [0, 0.05) is 23.5 Å². The fraction of sp³-hybridized carbons (Fsp3) is 0.100. The van der Waals surface area contributed by atoms with Crippen LogP contribution in [0.25, 0.3) is 22.4 Å². The summed E-state index contributed by atoms with van der Waals surface area (Å²) in [6.45, 7) is 2.69. The van der Waals surface area contributed by atoms with Gasteiger partial charge < -0.3 is 0 Å². The molecular weight excluding hydrogens is 287 g/mol. The Bertz CT molecular complexity index is 929. The molecule has 0 N–H and O–H groups in total. The highest BCUT2D eigenvalue weighted by atomic mass is 19.1. The summed E-state index contributed by atoms with van der Waals surface area (Å²) in [5.41, 5.74) is 6.53. The molecule has 0 saturated carbocycles. The molecular formula is C20H15FN2. The maximum atomic E-state index is 14.3. The standard InChI is InChI=1S/C20H15FN2/c1-13-4-7-19(21)18(9-13)20-17(3-2-8-23-20)14-5-6-15-11-22-12-16(15)10-14/h2-10,12H,11H2,1H3. The van der Waals surface area contributed by atoms with E-state index < -0.39 is 0 Å². The number of aromatic nitrogens is 1. The van der Waals surface area contributed by atoms with Crippen LogP contribution in [0.5, 0.6) is 0 Å². The Hall–Kier alpha value is -2.81. The van der Waals surface area contributed by atoms with Crippen LogP contribution in [-0.4, -0.2) is 11.2 Å². The Labute approximate surface area is 134 Å². The van der Waals surface area contributed by atoms with Crippen molar-refractivity contribution < 1.29 is 4.39 Å². The van der Waals surface area contributed by atoms with Crippen molar-refractivity contribution in [2.75, 3.05) is 0 Å². The Morgan fingerprint density at radius 3 is 2.83 bits per heavy atom. The second-order valence-electron chi connectivity index (χ2n) is 5.77. The second-order valence-corrected chi connectivity index (χ2v) is 5.77. The fourth-order valence-electron chi connectivity index (χ4n) is 2.94. The third-order valence-corrected chi connectivity index (χ3v) is 4.13. The van der Waals surface area contributed by atoms with Gasteiger partial charge in [0.05, 0.1) is 12.2 Å². The molecule has 112 valence electrons. The lowest BCUT2D eigenvalue weighted by Gasteiger charge is -2.11. The van der Waals surface area contributed by atoms with E-state index in [9.17, 15) is 4.39 Å². The molecule has 0 aliphatic carbocycles. The summed E-state index contributed by atoms with van der Waals surface area (Å²) in [6, 6.07) is 15.2. The molecule has 0 radical (unpaired) electrons. The summed E-state index contributed by atoms with van der Waals surface area (Å²) in [5, 5.41) is 0. The van der Waals surface area contributed by atoms with Crippen LogP contribution in [0.1, 0.15) is 16.7 Å². The highest BCUT2D eigenvalue weighted by molar-refractivity contribution is 5.89. The van der Waals surface area contributed by atoms with E-state index in [0.717, 1.165) is 28.8 Å². The van der Waals surface area contributed by atoms with Crippen LogP contribution in [0.4, 0.5) is 4.39 Å². The van der Waals surface area contributed by atoms with Crippen molar-refractivity contribution in [3.05, 3.63) is 77.2 Å². The normalized spacial score (nSPS) is 12.4. The van der Waals surface area contributed by atoms with Crippen molar-refractivity contribution >= 4 is 6.21 Å². The highest BCUT2D eigenvalue weighted by Gasteiger charge is 2.14. The molecule has 3 heteroatoms. The molecule has 1 aromatic heterocycles. The number of hydrogen-bond acceptors (Lipinski definition) is 2. The lowest BCUT2D eigenvalue weighted by Crippen LogP contribution is -1.94. The van der Waals surface area contributed by atoms with E-state index in [1.54, 1.807) is 12.3 Å². The largest absolute Gasteiger partial charge is 0.288 e. The van der Waals surface area contributed by atoms with Crippen molar-refractivity contribution in [3.8, 4) is 22.4 Å². The van der Waals surface area contributed by atoms with E-state index >= 15 is 0 Å². The number of halogens is 1. The van der Waals surface area contributed by atoms with E-state index in [1.165, 1.54) is 11.6 Å². The molecule has 23 heavy (non-hydrogen) atoms. The summed E-state index contributed by atoms with van der Waals surface area (Å²) in [6.07, 6.45) is 3.59. The van der Waals surface area contributed by atoms with Gasteiger partial charge in [-0.25, -0.2) is 4.39 Å². The molecule has 1 aliphatic rings. The third kappa shape index (κ3) is 2.44. The van der Waals surface area contributed by atoms with Gasteiger partial charge in [-0.1, -0.05) is 29.8 Å². The summed E-state index contributed by atoms with van der Waals surface area (Å²) in [7, 11) is 0. The van der Waals surface area contributed by atoms with Crippen molar-refractivity contribution in [1.82, 2.24) is 4.98 Å². The van der Waals surface area contributed by atoms with Gasteiger partial charge in [0.1, 0.15) is 5.82 Å². The van der Waals surface area contributed by atoms with Gasteiger partial charge in [0.2, 0.25) is 0 Å². The smallest absolute Gasteiger partial charge is 0.132 e. The van der Waals surface area contributed by atoms with Crippen molar-refractivity contribution in [2.45, 2.75) is 13.5 Å². The van der Waals surface area contributed by atoms with E-state index in [-0.39, 0.29) is 5.82 Å². The predicted octanol–water partition coefficient (Wildman–Crippen LogP) is 4.80. The summed E-state index contributed by atoms with van der Waals surface area (Å²) >= 11 is 0. The minimum Gasteiger partial charge on any atom is -0.288 e. The van der Waals surface area contributed by atoms with Crippen LogP contribution in [0.3, 0.4) is 0 Å². The topological polar surface area (TPSA) is 25.2 Å². The Morgan fingerprint density at radius 2 is 1.91 bits per heavy atom. The number of pyridine rings is 1. The van der Waals surface area contributed by atoms with E-state index in [4.69, 9.17) is 0 Å². The van der Waals surface area contributed by atoms with Gasteiger partial charge in [-0.3, -0.25) is 9.98 Å². The van der Waals surface area contributed by atoms with Crippen LogP contribution >= 0.6 is 0 Å². The lowest BCUT2D eigenvalue weighted by molar-refractivity contribution is 0.630. The Kier molecular flexibility index (Phi) is 3.27. The first-order chi connectivity index (χ1) is 11.2. The number of aliphatic imine (C=N–C) groups is 1. The summed E-state index contributed by atoms with van der Waals surface area (Å²) < 4.78 is 14.3. The van der Waals surface area contributed by atoms with E-state index in [1.807, 2.05) is 31.3 Å². The van der Waals surface area contributed by atoms with Gasteiger partial charge >= 0.3 is 0 Å². The maximum Gasteiger partial charge on any atom is 0.132 e. The molecule has 4 rings (SSSR count). The number of hydrogen-bond donors (Lipinski definition) is 0. The lowest BCUT2D eigenvalue weighted by atomic mass is 9.96. The summed E-state index contributed by atoms with van der Waals surface area (Å²) in [5.74, 6) is -0.252. The van der Waals surface area contributed by atoms with Gasteiger partial charge in [-0.05, 0) is 47.9 Å². The van der Waals surface area contributed by atoms with Gasteiger partial charge in [-0.15, -0.1) is 0 Å². The van der Waals surface area contributed by atoms with Crippen molar-refractivity contribution in [3.63, 3.8) is 0 Å². The second kappa shape index (κ2) is 5.43. The molecule has 0 bridgehead atoms. The number of aryl methyl sites for hydroxylation is 1. The summed E-state index contributed by atoms with van der Waals surface area (Å²) in [4.78, 5) is 8.74. The zero-order valence-electron chi connectivity index (χ0n) is 12.8. The first-order valence-corrected chi connectivity index (χ1v) is 7.57. The van der Waals surface area contributed by atoms with Gasteiger partial charge in [-0.2, -0.15) is 0 Å². The van der Waals surface area contributed by atoms with E-state index in [0.29, 0.717) is 11.3 Å². The number of rotatable bonds is 2. The molecule has 1 aliphatic heterocycles. The SMILES string of the molecule is Cc1ccc(F)c(-c2ncccc2-c2ccc3c(c2)C=NC3)c1. The van der Waals surface area contributed by atoms with Gasteiger partial charge in [0.15, 0.2) is 0 Å². The molecule has 0 atom stereocenters. The average Bonchev–Trinajstić information content (AvgIpc) is 3.05. The van der Waals surface area contributed by atoms with Crippen molar-refractivity contribution in [2.24, 2.45) is 4.99 Å². The quantitative estimate of drug-likeness (QED) is 0.668. The van der Waals surface area contributed by atoms with Crippen molar-refractivity contribution in [1.29, 1.82) is 0 Å². The Balaban J connectivity index is 1.91. The van der Waals surface area contributed by atoms with Crippen LogP contribution < -0.4 is 0 Å². The number of benzene rings is 2. The molecule has 0 unspecified atom stereocenters. The molecule has 0 saturated heterocycles. The zero-order valence-corrected chi connectivity index (χ0v) is 12.8. The third-order valence-electron chi connectivity index (χ3n) is 4.13. The minimum atomic E-state index is -0.252. The highest BCUT2D eigenvalue weighted by Crippen LogP contribution is 2.33. The number of nitrogens with zero attached hydrogens (tertiary/aromatic N) is 2. The zero-order chi connectivity index (χ0) is 15.8. The van der Waals surface area contributed by atoms with E-state index in [2.05, 4.69) is 28.2 Å². The first-order valence-electron chi connectivity index (χ1n) is 7.57. The molecule has 2 aromatic carbocycles. The number of fused-ring (bicyclic) bond motifs is 1. The molecule has 0 spiro atoms. The average molecular weight is 302 g/mol. The van der Waals surface area contributed by atoms with Crippen LogP contribution in [0, 0.1) is 12.7 Å². The van der Waals surface area contributed by atoms with Crippen LogP contribution in [-0.2, 0) is 6.54 Å². The monoisotopic (exact) mass is 302 g/mol.